The van der Waals surface area contributed by atoms with Gasteiger partial charge in [0.05, 0.1) is 5.52 Å². The highest BCUT2D eigenvalue weighted by molar-refractivity contribution is 5.78. The van der Waals surface area contributed by atoms with Gasteiger partial charge in [-0.05, 0) is 42.3 Å². The lowest BCUT2D eigenvalue weighted by molar-refractivity contribution is 0.290. The number of rotatable bonds is 3. The zero-order valence-corrected chi connectivity index (χ0v) is 11.1. The largest absolute Gasteiger partial charge is 0.486 e. The van der Waals surface area contributed by atoms with E-state index in [2.05, 4.69) is 4.98 Å². The zero-order chi connectivity index (χ0) is 13.9. The molecule has 0 fully saturated rings. The van der Waals surface area contributed by atoms with Crippen LogP contribution < -0.4 is 4.74 Å². The van der Waals surface area contributed by atoms with Crippen LogP contribution in [0.2, 0.25) is 0 Å². The third kappa shape index (κ3) is 2.48. The Hall–Kier alpha value is -2.42. The third-order valence-electron chi connectivity index (χ3n) is 3.22. The summed E-state index contributed by atoms with van der Waals surface area (Å²) in [5.74, 6) is -0.00811. The molecule has 20 heavy (non-hydrogen) atoms. The highest BCUT2D eigenvalue weighted by Crippen LogP contribution is 2.21. The number of pyridine rings is 1. The van der Waals surface area contributed by atoms with Crippen molar-refractivity contribution in [3.8, 4) is 5.75 Å². The molecule has 0 aliphatic carbocycles. The van der Waals surface area contributed by atoms with E-state index in [1.54, 1.807) is 31.3 Å². The van der Waals surface area contributed by atoms with E-state index >= 15 is 0 Å². The standard InChI is InChI=1S/C17H14FNO/c1-12-4-2-6-16(17(12)18)20-11-13-7-8-15-14(10-13)5-3-9-19-15/h2-10H,11H2,1H3. The lowest BCUT2D eigenvalue weighted by atomic mass is 10.1. The second-order valence-electron chi connectivity index (χ2n) is 4.71. The molecular weight excluding hydrogens is 253 g/mol. The Morgan fingerprint density at radius 2 is 2.00 bits per heavy atom. The molecule has 0 spiro atoms. The summed E-state index contributed by atoms with van der Waals surface area (Å²) in [6.45, 7) is 2.06. The maximum absolute atomic E-state index is 13.8. The maximum atomic E-state index is 13.8. The molecule has 0 unspecified atom stereocenters. The minimum atomic E-state index is -0.296. The molecular formula is C17H14FNO. The van der Waals surface area contributed by atoms with E-state index in [9.17, 15) is 4.39 Å². The highest BCUT2D eigenvalue weighted by Gasteiger charge is 2.06. The SMILES string of the molecule is Cc1cccc(OCc2ccc3ncccc3c2)c1F. The first-order chi connectivity index (χ1) is 9.74. The van der Waals surface area contributed by atoms with Gasteiger partial charge < -0.3 is 4.74 Å². The van der Waals surface area contributed by atoms with E-state index in [0.29, 0.717) is 12.2 Å². The van der Waals surface area contributed by atoms with Gasteiger partial charge in [-0.1, -0.05) is 24.3 Å². The van der Waals surface area contributed by atoms with Crippen LogP contribution in [0.25, 0.3) is 10.9 Å². The van der Waals surface area contributed by atoms with Gasteiger partial charge in [0.25, 0.3) is 0 Å². The van der Waals surface area contributed by atoms with Crippen molar-refractivity contribution in [2.75, 3.05) is 0 Å². The molecule has 2 nitrogen and oxygen atoms in total. The number of fused-ring (bicyclic) bond motifs is 1. The average Bonchev–Trinajstić information content (AvgIpc) is 2.48. The fourth-order valence-corrected chi connectivity index (χ4v) is 2.11. The molecule has 0 N–H and O–H groups in total. The molecule has 0 bridgehead atoms. The molecule has 1 aromatic heterocycles. The minimum absolute atomic E-state index is 0.288. The van der Waals surface area contributed by atoms with Crippen LogP contribution in [0.15, 0.2) is 54.7 Å². The molecule has 3 heteroatoms. The van der Waals surface area contributed by atoms with Gasteiger partial charge in [0.2, 0.25) is 0 Å². The number of halogens is 1. The molecule has 2 aromatic carbocycles. The molecule has 0 amide bonds. The average molecular weight is 267 g/mol. The Labute approximate surface area is 116 Å². The van der Waals surface area contributed by atoms with Gasteiger partial charge in [0.15, 0.2) is 11.6 Å². The van der Waals surface area contributed by atoms with Crippen molar-refractivity contribution >= 4 is 10.9 Å². The van der Waals surface area contributed by atoms with Crippen molar-refractivity contribution in [3.05, 3.63) is 71.7 Å². The zero-order valence-electron chi connectivity index (χ0n) is 11.1. The molecule has 0 saturated heterocycles. The van der Waals surface area contributed by atoms with Gasteiger partial charge in [-0.25, -0.2) is 4.39 Å². The predicted molar refractivity (Wildman–Crippen MR) is 77.2 cm³/mol. The van der Waals surface area contributed by atoms with Crippen molar-refractivity contribution in [2.45, 2.75) is 13.5 Å². The maximum Gasteiger partial charge on any atom is 0.167 e. The number of aromatic nitrogens is 1. The van der Waals surface area contributed by atoms with Crippen LogP contribution in [-0.2, 0) is 6.61 Å². The number of nitrogens with zero attached hydrogens (tertiary/aromatic N) is 1. The Kier molecular flexibility index (Phi) is 3.33. The van der Waals surface area contributed by atoms with Gasteiger partial charge >= 0.3 is 0 Å². The van der Waals surface area contributed by atoms with E-state index in [0.717, 1.165) is 16.5 Å². The lowest BCUT2D eigenvalue weighted by Gasteiger charge is -2.09. The van der Waals surface area contributed by atoms with Crippen molar-refractivity contribution < 1.29 is 9.13 Å². The Bertz CT molecular complexity index is 755. The molecule has 0 radical (unpaired) electrons. The lowest BCUT2D eigenvalue weighted by Crippen LogP contribution is -1.98. The van der Waals surface area contributed by atoms with E-state index in [1.165, 1.54) is 0 Å². The first-order valence-electron chi connectivity index (χ1n) is 6.45. The topological polar surface area (TPSA) is 22.1 Å². The van der Waals surface area contributed by atoms with Crippen LogP contribution >= 0.6 is 0 Å². The molecule has 3 aromatic rings. The molecule has 0 aliphatic heterocycles. The summed E-state index contributed by atoms with van der Waals surface area (Å²) in [6.07, 6.45) is 1.76. The van der Waals surface area contributed by atoms with Gasteiger partial charge in [0.1, 0.15) is 6.61 Å². The fourth-order valence-electron chi connectivity index (χ4n) is 2.11. The summed E-state index contributed by atoms with van der Waals surface area (Å²) in [7, 11) is 0. The molecule has 0 atom stereocenters. The summed E-state index contributed by atoms with van der Waals surface area (Å²) in [5.41, 5.74) is 2.52. The normalized spacial score (nSPS) is 10.7. The van der Waals surface area contributed by atoms with Crippen molar-refractivity contribution in [1.82, 2.24) is 4.98 Å². The van der Waals surface area contributed by atoms with Crippen LogP contribution in [0, 0.1) is 12.7 Å². The molecule has 0 saturated carbocycles. The number of hydrogen-bond donors (Lipinski definition) is 0. The Balaban J connectivity index is 1.81. The molecule has 3 rings (SSSR count). The van der Waals surface area contributed by atoms with E-state index in [1.807, 2.05) is 30.3 Å². The Morgan fingerprint density at radius 1 is 1.10 bits per heavy atom. The van der Waals surface area contributed by atoms with Crippen LogP contribution in [0.4, 0.5) is 4.39 Å². The van der Waals surface area contributed by atoms with Crippen molar-refractivity contribution in [2.24, 2.45) is 0 Å². The van der Waals surface area contributed by atoms with Crippen LogP contribution in [0.3, 0.4) is 0 Å². The van der Waals surface area contributed by atoms with E-state index in [4.69, 9.17) is 4.74 Å². The molecule has 1 heterocycles. The number of hydrogen-bond acceptors (Lipinski definition) is 2. The highest BCUT2D eigenvalue weighted by atomic mass is 19.1. The summed E-state index contributed by atoms with van der Waals surface area (Å²) in [5, 5.41) is 1.05. The second-order valence-corrected chi connectivity index (χ2v) is 4.71. The Morgan fingerprint density at radius 3 is 2.90 bits per heavy atom. The van der Waals surface area contributed by atoms with Gasteiger partial charge in [-0.15, -0.1) is 0 Å². The second kappa shape index (κ2) is 5.29. The van der Waals surface area contributed by atoms with Crippen molar-refractivity contribution in [1.29, 1.82) is 0 Å². The van der Waals surface area contributed by atoms with Crippen LogP contribution in [0.5, 0.6) is 5.75 Å². The molecule has 100 valence electrons. The summed E-state index contributed by atoms with van der Waals surface area (Å²) >= 11 is 0. The number of benzene rings is 2. The predicted octanol–water partition coefficient (Wildman–Crippen LogP) is 4.26. The monoisotopic (exact) mass is 267 g/mol. The van der Waals surface area contributed by atoms with Gasteiger partial charge in [0, 0.05) is 11.6 Å². The fraction of sp³-hybridized carbons (Fsp3) is 0.118. The van der Waals surface area contributed by atoms with Crippen LogP contribution in [-0.4, -0.2) is 4.98 Å². The van der Waals surface area contributed by atoms with E-state index in [-0.39, 0.29) is 11.6 Å². The first kappa shape index (κ1) is 12.6. The summed E-state index contributed by atoms with van der Waals surface area (Å²) in [6, 6.07) is 15.0. The van der Waals surface area contributed by atoms with E-state index < -0.39 is 0 Å². The van der Waals surface area contributed by atoms with Crippen LogP contribution in [0.1, 0.15) is 11.1 Å². The quantitative estimate of drug-likeness (QED) is 0.707. The minimum Gasteiger partial charge on any atom is -0.486 e. The third-order valence-corrected chi connectivity index (χ3v) is 3.22. The first-order valence-corrected chi connectivity index (χ1v) is 6.45. The molecule has 0 aliphatic rings. The van der Waals surface area contributed by atoms with Gasteiger partial charge in [-0.2, -0.15) is 0 Å². The van der Waals surface area contributed by atoms with Crippen molar-refractivity contribution in [3.63, 3.8) is 0 Å². The number of aryl methyl sites for hydroxylation is 1. The summed E-state index contributed by atoms with van der Waals surface area (Å²) in [4.78, 5) is 4.27. The van der Waals surface area contributed by atoms with Gasteiger partial charge in [-0.3, -0.25) is 4.98 Å². The smallest absolute Gasteiger partial charge is 0.167 e. The number of ether oxygens (including phenoxy) is 1. The summed E-state index contributed by atoms with van der Waals surface area (Å²) < 4.78 is 19.4.